The van der Waals surface area contributed by atoms with E-state index in [-0.39, 0.29) is 28.6 Å². The number of aromatic carboxylic acids is 1. The summed E-state index contributed by atoms with van der Waals surface area (Å²) >= 11 is 0. The number of aryl methyl sites for hydroxylation is 1. The van der Waals surface area contributed by atoms with Crippen LogP contribution in [0.15, 0.2) is 12.4 Å². The molecule has 35 heavy (non-hydrogen) atoms. The molecule has 0 radical (unpaired) electrons. The van der Waals surface area contributed by atoms with E-state index in [1.54, 1.807) is 10.9 Å². The molecule has 0 saturated heterocycles. The number of fused-ring (bicyclic) bond motifs is 5. The first-order chi connectivity index (χ1) is 16.6. The highest BCUT2D eigenvalue weighted by Gasteiger charge is 2.64. The number of hydrogen-bond donors (Lipinski definition) is 3. The zero-order chi connectivity index (χ0) is 25.1. The van der Waals surface area contributed by atoms with Gasteiger partial charge in [0.1, 0.15) is 0 Å². The molecule has 1 aromatic heterocycles. The molecule has 0 aromatic carbocycles. The van der Waals surface area contributed by atoms with E-state index in [2.05, 4.69) is 32.8 Å². The van der Waals surface area contributed by atoms with E-state index in [0.717, 1.165) is 38.6 Å². The molecule has 1 unspecified atom stereocenters. The Morgan fingerprint density at radius 3 is 2.51 bits per heavy atom. The van der Waals surface area contributed by atoms with Crippen LogP contribution < -0.4 is 0 Å². The molecule has 0 bridgehead atoms. The minimum atomic E-state index is -0.924. The molecule has 6 heteroatoms. The number of rotatable bonds is 6. The first-order valence-corrected chi connectivity index (χ1v) is 14.2. The van der Waals surface area contributed by atoms with Gasteiger partial charge in [0.2, 0.25) is 0 Å². The molecule has 0 amide bonds. The maximum Gasteiger partial charge on any atom is 0.338 e. The van der Waals surface area contributed by atoms with Gasteiger partial charge >= 0.3 is 5.97 Å². The molecule has 1 heterocycles. The predicted molar refractivity (Wildman–Crippen MR) is 135 cm³/mol. The Labute approximate surface area is 210 Å². The number of aliphatic hydroxyl groups is 2. The molecule has 196 valence electrons. The Morgan fingerprint density at radius 1 is 1.11 bits per heavy atom. The van der Waals surface area contributed by atoms with E-state index in [1.807, 2.05) is 0 Å². The van der Waals surface area contributed by atoms with Crippen molar-refractivity contribution >= 4 is 5.97 Å². The van der Waals surface area contributed by atoms with Crippen LogP contribution in [0.25, 0.3) is 0 Å². The van der Waals surface area contributed by atoms with Crippen molar-refractivity contribution in [1.29, 1.82) is 0 Å². The quantitative estimate of drug-likeness (QED) is 0.511. The summed E-state index contributed by atoms with van der Waals surface area (Å²) in [5.74, 6) is 2.53. The van der Waals surface area contributed by atoms with Crippen LogP contribution >= 0.6 is 0 Å². The number of nitrogens with zero attached hydrogens (tertiary/aromatic N) is 2. The number of carbonyl (C=O) groups is 1. The maximum atomic E-state index is 11.8. The molecular weight excluding hydrogens is 440 g/mol. The van der Waals surface area contributed by atoms with Gasteiger partial charge in [0, 0.05) is 12.7 Å². The van der Waals surface area contributed by atoms with Gasteiger partial charge in [0.25, 0.3) is 0 Å². The lowest BCUT2D eigenvalue weighted by Gasteiger charge is -2.64. The molecule has 3 N–H and O–H groups in total. The number of carboxylic acid groups (broad SMARTS) is 1. The summed E-state index contributed by atoms with van der Waals surface area (Å²) in [5, 5.41) is 35.8. The second-order valence-corrected chi connectivity index (χ2v) is 13.2. The van der Waals surface area contributed by atoms with Gasteiger partial charge in [-0.2, -0.15) is 5.10 Å². The van der Waals surface area contributed by atoms with Gasteiger partial charge in [0.05, 0.1) is 24.0 Å². The average molecular weight is 487 g/mol. The Kier molecular flexibility index (Phi) is 6.61. The van der Waals surface area contributed by atoms with Crippen molar-refractivity contribution < 1.29 is 20.1 Å². The summed E-state index contributed by atoms with van der Waals surface area (Å²) in [4.78, 5) is 11.2. The highest BCUT2D eigenvalue weighted by molar-refractivity contribution is 5.86. The summed E-state index contributed by atoms with van der Waals surface area (Å²) in [6.07, 6.45) is 12.4. The van der Waals surface area contributed by atoms with Crippen molar-refractivity contribution in [3.05, 3.63) is 18.0 Å². The Morgan fingerprint density at radius 2 is 1.83 bits per heavy atom. The van der Waals surface area contributed by atoms with Crippen LogP contribution in [-0.2, 0) is 6.54 Å². The molecule has 5 rings (SSSR count). The third-order valence-corrected chi connectivity index (χ3v) is 11.8. The van der Waals surface area contributed by atoms with Crippen LogP contribution in [0.4, 0.5) is 0 Å². The second kappa shape index (κ2) is 9.16. The molecule has 4 saturated carbocycles. The van der Waals surface area contributed by atoms with E-state index in [0.29, 0.717) is 41.4 Å². The number of aromatic nitrogens is 2. The maximum absolute atomic E-state index is 11.8. The third kappa shape index (κ3) is 3.98. The van der Waals surface area contributed by atoms with Gasteiger partial charge in [0.15, 0.2) is 0 Å². The molecule has 6 nitrogen and oxygen atoms in total. The van der Waals surface area contributed by atoms with Crippen LogP contribution in [0.2, 0.25) is 0 Å². The third-order valence-electron chi connectivity index (χ3n) is 11.8. The predicted octanol–water partition coefficient (Wildman–Crippen LogP) is 5.23. The van der Waals surface area contributed by atoms with E-state index >= 15 is 0 Å². The van der Waals surface area contributed by atoms with Crippen molar-refractivity contribution in [2.75, 3.05) is 0 Å². The molecular formula is C29H46N2O4. The Balaban J connectivity index is 1.34. The van der Waals surface area contributed by atoms with E-state index < -0.39 is 5.97 Å². The zero-order valence-corrected chi connectivity index (χ0v) is 22.1. The van der Waals surface area contributed by atoms with Gasteiger partial charge in [-0.25, -0.2) is 4.79 Å². The largest absolute Gasteiger partial charge is 0.478 e. The summed E-state index contributed by atoms with van der Waals surface area (Å²) in [7, 11) is 0. The minimum Gasteiger partial charge on any atom is -0.478 e. The van der Waals surface area contributed by atoms with E-state index in [9.17, 15) is 20.1 Å². The SMILES string of the molecule is CC[C@@H]1C2C[C@H](O)CC[C@]2(C)[C@H]2CC[C@]3(C)[C@@H]([C@H](C)CCn4cc(C(=O)O)cn4)CC[C@H]3[C@@H]2[C@@H]1O. The molecule has 0 aliphatic heterocycles. The van der Waals surface area contributed by atoms with Crippen molar-refractivity contribution in [3.8, 4) is 0 Å². The highest BCUT2D eigenvalue weighted by Crippen LogP contribution is 2.69. The van der Waals surface area contributed by atoms with Gasteiger partial charge in [-0.1, -0.05) is 34.1 Å². The van der Waals surface area contributed by atoms with Crippen molar-refractivity contribution in [1.82, 2.24) is 9.78 Å². The van der Waals surface area contributed by atoms with Crippen LogP contribution in [-0.4, -0.2) is 43.3 Å². The fourth-order valence-corrected chi connectivity index (χ4v) is 10.1. The van der Waals surface area contributed by atoms with Crippen molar-refractivity contribution in [3.63, 3.8) is 0 Å². The molecule has 11 atom stereocenters. The first-order valence-electron chi connectivity index (χ1n) is 14.2. The monoisotopic (exact) mass is 486 g/mol. The number of hydrogen-bond acceptors (Lipinski definition) is 4. The number of carboxylic acids is 1. The van der Waals surface area contributed by atoms with Gasteiger partial charge in [-0.15, -0.1) is 0 Å². The second-order valence-electron chi connectivity index (χ2n) is 13.2. The van der Waals surface area contributed by atoms with E-state index in [4.69, 9.17) is 0 Å². The minimum absolute atomic E-state index is 0.196. The average Bonchev–Trinajstić information content (AvgIpc) is 3.43. The van der Waals surface area contributed by atoms with Gasteiger partial charge in [-0.3, -0.25) is 4.68 Å². The molecule has 4 fully saturated rings. The topological polar surface area (TPSA) is 95.6 Å². The molecule has 0 spiro atoms. The summed E-state index contributed by atoms with van der Waals surface area (Å²) in [6.45, 7) is 10.4. The van der Waals surface area contributed by atoms with Crippen molar-refractivity contribution in [2.24, 2.45) is 52.3 Å². The Bertz CT molecular complexity index is 932. The number of aliphatic hydroxyl groups excluding tert-OH is 2. The lowest BCUT2D eigenvalue weighted by Crippen LogP contribution is -2.62. The lowest BCUT2D eigenvalue weighted by molar-refractivity contribution is -0.203. The fraction of sp³-hybridized carbons (Fsp3) is 0.862. The van der Waals surface area contributed by atoms with Crippen LogP contribution in [0, 0.1) is 52.3 Å². The van der Waals surface area contributed by atoms with E-state index in [1.165, 1.54) is 31.9 Å². The highest BCUT2D eigenvalue weighted by atomic mass is 16.4. The summed E-state index contributed by atoms with van der Waals surface area (Å²) in [6, 6.07) is 0. The van der Waals surface area contributed by atoms with Gasteiger partial charge in [-0.05, 0) is 104 Å². The normalized spacial score (nSPS) is 45.9. The zero-order valence-electron chi connectivity index (χ0n) is 22.1. The lowest BCUT2D eigenvalue weighted by atomic mass is 9.41. The van der Waals surface area contributed by atoms with Crippen LogP contribution in [0.5, 0.6) is 0 Å². The Hall–Kier alpha value is -1.40. The summed E-state index contributed by atoms with van der Waals surface area (Å²) < 4.78 is 1.78. The molecule has 1 aromatic rings. The van der Waals surface area contributed by atoms with Crippen LogP contribution in [0.3, 0.4) is 0 Å². The fourth-order valence-electron chi connectivity index (χ4n) is 10.1. The van der Waals surface area contributed by atoms with Crippen molar-refractivity contribution in [2.45, 2.75) is 104 Å². The van der Waals surface area contributed by atoms with Crippen LogP contribution in [0.1, 0.15) is 95.8 Å². The molecule has 4 aliphatic carbocycles. The summed E-state index contributed by atoms with van der Waals surface area (Å²) in [5.41, 5.74) is 0.757. The molecule has 4 aliphatic rings. The smallest absolute Gasteiger partial charge is 0.338 e. The van der Waals surface area contributed by atoms with Gasteiger partial charge < -0.3 is 15.3 Å². The first kappa shape index (κ1) is 25.3. The standard InChI is InChI=1S/C29H46N2O4/c1-5-20-24-14-19(32)8-11-29(24,4)23-9-12-28(3)21(6-7-22(28)25(23)26(20)33)17(2)10-13-31-16-18(15-30-31)27(34)35/h15-17,19-26,32-33H,5-14H2,1-4H3,(H,34,35)/t17-,19-,20-,21-,22+,23+,24?,25+,26-,28-,29-/m1/s1.